The van der Waals surface area contributed by atoms with Gasteiger partial charge in [-0.1, -0.05) is 41.8 Å². The molecule has 2 aromatic carbocycles. The van der Waals surface area contributed by atoms with Crippen LogP contribution in [0.5, 0.6) is 5.75 Å². The first-order chi connectivity index (χ1) is 22.6. The molecule has 0 aliphatic heterocycles. The van der Waals surface area contributed by atoms with Gasteiger partial charge in [-0.05, 0) is 91.0 Å². The lowest BCUT2D eigenvalue weighted by atomic mass is 9.78. The minimum absolute atomic E-state index is 0.0528. The number of benzene rings is 2. The van der Waals surface area contributed by atoms with Crippen LogP contribution in [0.25, 0.3) is 21.9 Å². The van der Waals surface area contributed by atoms with Crippen LogP contribution >= 0.6 is 0 Å². The maximum Gasteiger partial charge on any atom is 0.324 e. The second-order valence-corrected chi connectivity index (χ2v) is 14.6. The van der Waals surface area contributed by atoms with Gasteiger partial charge in [0, 0.05) is 19.0 Å². The Bertz CT molecular complexity index is 1830. The van der Waals surface area contributed by atoms with Gasteiger partial charge in [0.2, 0.25) is 0 Å². The van der Waals surface area contributed by atoms with E-state index in [0.29, 0.717) is 40.1 Å². The monoisotopic (exact) mass is 660 g/mol. The third-order valence-corrected chi connectivity index (χ3v) is 8.34. The molecule has 1 aliphatic carbocycles. The summed E-state index contributed by atoms with van der Waals surface area (Å²) in [7, 11) is 0. The number of ketones is 1. The molecule has 1 aliphatic rings. The summed E-state index contributed by atoms with van der Waals surface area (Å²) >= 11 is 0. The van der Waals surface area contributed by atoms with E-state index in [4.69, 9.17) is 18.7 Å². The number of esters is 2. The van der Waals surface area contributed by atoms with Crippen LogP contribution in [0.4, 0.5) is 0 Å². The number of aromatic nitrogens is 4. The normalized spacial score (nSPS) is 14.6. The number of nitrogens with zero attached hydrogens (tertiary/aromatic N) is 4. The van der Waals surface area contributed by atoms with E-state index in [0.717, 1.165) is 17.5 Å². The van der Waals surface area contributed by atoms with Crippen LogP contribution in [0, 0.1) is 11.3 Å². The fourth-order valence-electron chi connectivity index (χ4n) is 5.87. The highest BCUT2D eigenvalue weighted by Gasteiger charge is 2.53. The number of carbonyl (C=O) groups excluding carboxylic acids is 3. The number of ether oxygens (including phenoxy) is 3. The van der Waals surface area contributed by atoms with Gasteiger partial charge in [0.15, 0.2) is 22.5 Å². The fraction of sp³-hybridized carbons (Fsp3) is 0.528. The lowest BCUT2D eigenvalue weighted by molar-refractivity contribution is -0.186. The molecule has 12 heteroatoms. The van der Waals surface area contributed by atoms with Crippen molar-refractivity contribution in [1.82, 2.24) is 20.2 Å². The van der Waals surface area contributed by atoms with E-state index in [1.165, 1.54) is 19.3 Å². The zero-order valence-corrected chi connectivity index (χ0v) is 28.5. The highest BCUT2D eigenvalue weighted by molar-refractivity contribution is 6.11. The van der Waals surface area contributed by atoms with Crippen molar-refractivity contribution in [3.63, 3.8) is 0 Å². The predicted molar refractivity (Wildman–Crippen MR) is 178 cm³/mol. The molecule has 1 saturated carbocycles. The number of aryl methyl sites for hydroxylation is 1. The number of hydrogen-bond acceptors (Lipinski definition) is 11. The first-order valence-corrected chi connectivity index (χ1v) is 16.5. The summed E-state index contributed by atoms with van der Waals surface area (Å²) in [4.78, 5) is 55.5. The van der Waals surface area contributed by atoms with Crippen molar-refractivity contribution in [3.05, 3.63) is 58.5 Å². The van der Waals surface area contributed by atoms with Crippen molar-refractivity contribution in [2.24, 2.45) is 11.3 Å². The fourth-order valence-corrected chi connectivity index (χ4v) is 5.87. The van der Waals surface area contributed by atoms with Gasteiger partial charge in [-0.15, -0.1) is 5.10 Å². The third-order valence-electron chi connectivity index (χ3n) is 8.34. The van der Waals surface area contributed by atoms with Crippen LogP contribution in [0.2, 0.25) is 0 Å². The molecular formula is C36H44N4O8. The molecule has 0 N–H and O–H groups in total. The summed E-state index contributed by atoms with van der Waals surface area (Å²) in [5.41, 5.74) is -3.97. The van der Waals surface area contributed by atoms with E-state index < -0.39 is 46.3 Å². The number of carbonyl (C=O) groups is 3. The highest BCUT2D eigenvalue weighted by Crippen LogP contribution is 2.37. The van der Waals surface area contributed by atoms with Crippen molar-refractivity contribution < 1.29 is 33.1 Å². The van der Waals surface area contributed by atoms with Gasteiger partial charge in [0.05, 0.1) is 17.4 Å². The van der Waals surface area contributed by atoms with Gasteiger partial charge in [-0.3, -0.25) is 19.2 Å². The average Bonchev–Trinajstić information content (AvgIpc) is 3.45. The van der Waals surface area contributed by atoms with Crippen molar-refractivity contribution in [1.29, 1.82) is 0 Å². The second kappa shape index (κ2) is 13.9. The van der Waals surface area contributed by atoms with Crippen LogP contribution < -0.4 is 10.3 Å². The minimum atomic E-state index is -2.17. The molecule has 5 rings (SSSR count). The standard InChI is InChI=1S/C36H44N4O8/c1-34(2,3)46-32(43)36(33(44)47-35(4,5)6,18-19-40-31(42)25-14-10-11-15-27(25)37-39-40)21-28(41)30-26-17-16-24(20-29(26)48-38-30)45-22-23-12-8-7-9-13-23/h10-11,14-17,20,23H,7-9,12-13,18-19,21-22H2,1-6H3. The second-order valence-electron chi connectivity index (χ2n) is 14.6. The van der Waals surface area contributed by atoms with Crippen LogP contribution in [0.1, 0.15) is 97.0 Å². The molecular weight excluding hydrogens is 616 g/mol. The summed E-state index contributed by atoms with van der Waals surface area (Å²) in [6, 6.07) is 11.8. The quantitative estimate of drug-likeness (QED) is 0.102. The molecule has 2 aromatic heterocycles. The highest BCUT2D eigenvalue weighted by atomic mass is 16.6. The first-order valence-electron chi connectivity index (χ1n) is 16.5. The topological polar surface area (TPSA) is 153 Å². The van der Waals surface area contributed by atoms with E-state index in [1.54, 1.807) is 84.0 Å². The maximum atomic E-state index is 14.1. The Kier molecular flexibility index (Phi) is 10.0. The summed E-state index contributed by atoms with van der Waals surface area (Å²) < 4.78 is 24.1. The largest absolute Gasteiger partial charge is 0.493 e. The molecule has 0 saturated heterocycles. The number of hydrogen-bond donors (Lipinski definition) is 0. The van der Waals surface area contributed by atoms with E-state index in [2.05, 4.69) is 15.5 Å². The van der Waals surface area contributed by atoms with Gasteiger partial charge in [-0.25, -0.2) is 4.68 Å². The SMILES string of the molecule is CC(C)(C)OC(=O)C(CCn1nnc2ccccc2c1=O)(CC(=O)c1noc2cc(OCC3CCCCC3)ccc12)C(=O)OC(C)(C)C. The Labute approximate surface area is 279 Å². The Morgan fingerprint density at radius 2 is 1.56 bits per heavy atom. The van der Waals surface area contributed by atoms with E-state index in [-0.39, 0.29) is 18.7 Å². The van der Waals surface area contributed by atoms with Crippen molar-refractivity contribution in [2.75, 3.05) is 6.61 Å². The van der Waals surface area contributed by atoms with Crippen LogP contribution in [-0.2, 0) is 25.6 Å². The molecule has 0 spiro atoms. The average molecular weight is 661 g/mol. The Balaban J connectivity index is 1.48. The molecule has 0 bridgehead atoms. The van der Waals surface area contributed by atoms with Gasteiger partial charge >= 0.3 is 11.9 Å². The zero-order valence-electron chi connectivity index (χ0n) is 28.5. The Morgan fingerprint density at radius 3 is 2.23 bits per heavy atom. The van der Waals surface area contributed by atoms with Gasteiger partial charge in [0.1, 0.15) is 22.5 Å². The number of Topliss-reactive ketones (excluding diaryl/α,β-unsaturated/α-hetero) is 1. The molecule has 12 nitrogen and oxygen atoms in total. The lowest BCUT2D eigenvalue weighted by Crippen LogP contribution is -2.49. The smallest absolute Gasteiger partial charge is 0.324 e. The van der Waals surface area contributed by atoms with Gasteiger partial charge in [-0.2, -0.15) is 0 Å². The van der Waals surface area contributed by atoms with Crippen molar-refractivity contribution in [3.8, 4) is 5.75 Å². The molecule has 48 heavy (non-hydrogen) atoms. The van der Waals surface area contributed by atoms with Crippen molar-refractivity contribution >= 4 is 39.6 Å². The molecule has 0 radical (unpaired) electrons. The number of fused-ring (bicyclic) bond motifs is 2. The van der Waals surface area contributed by atoms with E-state index in [1.807, 2.05) is 0 Å². The summed E-state index contributed by atoms with van der Waals surface area (Å²) in [5.74, 6) is -1.47. The summed E-state index contributed by atoms with van der Waals surface area (Å²) in [6.45, 7) is 10.3. The Morgan fingerprint density at radius 1 is 0.896 bits per heavy atom. The molecule has 4 aromatic rings. The van der Waals surface area contributed by atoms with Crippen molar-refractivity contribution in [2.45, 2.75) is 104 Å². The first kappa shape index (κ1) is 34.7. The zero-order chi connectivity index (χ0) is 34.7. The van der Waals surface area contributed by atoms with Gasteiger partial charge < -0.3 is 18.7 Å². The molecule has 0 unspecified atom stereocenters. The molecule has 1 fully saturated rings. The Hall–Kier alpha value is -4.61. The van der Waals surface area contributed by atoms with Crippen LogP contribution in [-0.4, -0.2) is 55.7 Å². The summed E-state index contributed by atoms with van der Waals surface area (Å²) in [6.07, 6.45) is 4.96. The molecule has 2 heterocycles. The molecule has 0 atom stereocenters. The minimum Gasteiger partial charge on any atom is -0.493 e. The predicted octanol–water partition coefficient (Wildman–Crippen LogP) is 6.22. The third kappa shape index (κ3) is 8.08. The molecule has 0 amide bonds. The lowest BCUT2D eigenvalue weighted by Gasteiger charge is -2.34. The van der Waals surface area contributed by atoms with Gasteiger partial charge in [0.25, 0.3) is 5.56 Å². The van der Waals surface area contributed by atoms with Crippen LogP contribution in [0.3, 0.4) is 0 Å². The van der Waals surface area contributed by atoms with E-state index >= 15 is 0 Å². The molecule has 256 valence electrons. The van der Waals surface area contributed by atoms with E-state index in [9.17, 15) is 19.2 Å². The van der Waals surface area contributed by atoms with Crippen LogP contribution in [0.15, 0.2) is 51.8 Å². The number of rotatable bonds is 11. The maximum absolute atomic E-state index is 14.1. The summed E-state index contributed by atoms with van der Waals surface area (Å²) in [5, 5.41) is 12.9.